The lowest BCUT2D eigenvalue weighted by molar-refractivity contribution is -0.123. The second-order valence-electron chi connectivity index (χ2n) is 4.67. The van der Waals surface area contributed by atoms with E-state index in [1.54, 1.807) is 6.92 Å². The number of carbonyl (C=O) groups excluding carboxylic acids is 1. The van der Waals surface area contributed by atoms with Crippen LogP contribution in [0.25, 0.3) is 0 Å². The molecule has 3 unspecified atom stereocenters. The number of nitrogens with two attached hydrogens (primary N) is 1. The SMILES string of the molecule is CC1CCCC(NC(=O)[C@H](C)N)C1C. The zero-order valence-corrected chi connectivity index (χ0v) is 9.42. The van der Waals surface area contributed by atoms with E-state index in [2.05, 4.69) is 19.2 Å². The van der Waals surface area contributed by atoms with Gasteiger partial charge in [0.2, 0.25) is 5.91 Å². The fraction of sp³-hybridized carbons (Fsp3) is 0.909. The van der Waals surface area contributed by atoms with E-state index < -0.39 is 0 Å². The molecular weight excluding hydrogens is 176 g/mol. The monoisotopic (exact) mass is 198 g/mol. The summed E-state index contributed by atoms with van der Waals surface area (Å²) >= 11 is 0. The van der Waals surface area contributed by atoms with Crippen LogP contribution in [0.1, 0.15) is 40.0 Å². The van der Waals surface area contributed by atoms with Gasteiger partial charge in [-0.2, -0.15) is 0 Å². The van der Waals surface area contributed by atoms with Crippen molar-refractivity contribution in [1.82, 2.24) is 5.32 Å². The Labute approximate surface area is 86.4 Å². The van der Waals surface area contributed by atoms with Crippen molar-refractivity contribution in [1.29, 1.82) is 0 Å². The molecule has 1 rings (SSSR count). The third-order valence-electron chi connectivity index (χ3n) is 3.45. The summed E-state index contributed by atoms with van der Waals surface area (Å²) in [5.41, 5.74) is 5.52. The second kappa shape index (κ2) is 4.78. The first-order valence-electron chi connectivity index (χ1n) is 5.58. The number of rotatable bonds is 2. The van der Waals surface area contributed by atoms with Crippen molar-refractivity contribution in [3.63, 3.8) is 0 Å². The first kappa shape index (κ1) is 11.5. The number of hydrogen-bond acceptors (Lipinski definition) is 2. The minimum Gasteiger partial charge on any atom is -0.352 e. The van der Waals surface area contributed by atoms with Crippen LogP contribution in [-0.4, -0.2) is 18.0 Å². The van der Waals surface area contributed by atoms with E-state index in [4.69, 9.17) is 5.73 Å². The second-order valence-corrected chi connectivity index (χ2v) is 4.67. The molecule has 14 heavy (non-hydrogen) atoms. The summed E-state index contributed by atoms with van der Waals surface area (Å²) in [6.45, 7) is 6.21. The summed E-state index contributed by atoms with van der Waals surface area (Å²) in [7, 11) is 0. The fourth-order valence-electron chi connectivity index (χ4n) is 2.10. The van der Waals surface area contributed by atoms with Gasteiger partial charge in [0.05, 0.1) is 6.04 Å². The zero-order valence-electron chi connectivity index (χ0n) is 9.42. The fourth-order valence-corrected chi connectivity index (χ4v) is 2.10. The maximum Gasteiger partial charge on any atom is 0.236 e. The highest BCUT2D eigenvalue weighted by Gasteiger charge is 2.28. The molecule has 1 aliphatic rings. The molecule has 4 atom stereocenters. The number of amides is 1. The van der Waals surface area contributed by atoms with Crippen molar-refractivity contribution in [2.24, 2.45) is 17.6 Å². The normalized spacial score (nSPS) is 35.0. The molecule has 1 fully saturated rings. The maximum atomic E-state index is 11.4. The van der Waals surface area contributed by atoms with Crippen molar-refractivity contribution < 1.29 is 4.79 Å². The van der Waals surface area contributed by atoms with Crippen LogP contribution in [0, 0.1) is 11.8 Å². The first-order chi connectivity index (χ1) is 6.52. The summed E-state index contributed by atoms with van der Waals surface area (Å²) in [6, 6.07) is -0.0586. The van der Waals surface area contributed by atoms with E-state index in [-0.39, 0.29) is 11.9 Å². The molecule has 0 aromatic carbocycles. The molecule has 3 heteroatoms. The summed E-state index contributed by atoms with van der Waals surface area (Å²) in [5, 5.41) is 3.03. The lowest BCUT2D eigenvalue weighted by Gasteiger charge is -2.34. The minimum absolute atomic E-state index is 0.0176. The van der Waals surface area contributed by atoms with Crippen molar-refractivity contribution in [3.05, 3.63) is 0 Å². The molecule has 82 valence electrons. The quantitative estimate of drug-likeness (QED) is 0.702. The van der Waals surface area contributed by atoms with E-state index in [9.17, 15) is 4.79 Å². The van der Waals surface area contributed by atoms with Gasteiger partial charge in [-0.1, -0.05) is 26.7 Å². The van der Waals surface area contributed by atoms with Crippen LogP contribution in [0.3, 0.4) is 0 Å². The molecule has 1 saturated carbocycles. The summed E-state index contributed by atoms with van der Waals surface area (Å²) in [4.78, 5) is 11.4. The Morgan fingerprint density at radius 1 is 1.43 bits per heavy atom. The van der Waals surface area contributed by atoms with Crippen molar-refractivity contribution in [2.45, 2.75) is 52.1 Å². The van der Waals surface area contributed by atoms with Crippen molar-refractivity contribution in [3.8, 4) is 0 Å². The van der Waals surface area contributed by atoms with Crippen LogP contribution in [0.15, 0.2) is 0 Å². The molecule has 0 aliphatic heterocycles. The highest BCUT2D eigenvalue weighted by molar-refractivity contribution is 5.81. The minimum atomic E-state index is -0.389. The Morgan fingerprint density at radius 3 is 2.64 bits per heavy atom. The van der Waals surface area contributed by atoms with E-state index in [1.165, 1.54) is 12.8 Å². The van der Waals surface area contributed by atoms with Crippen molar-refractivity contribution in [2.75, 3.05) is 0 Å². The van der Waals surface area contributed by atoms with Gasteiger partial charge in [-0.15, -0.1) is 0 Å². The third kappa shape index (κ3) is 2.71. The summed E-state index contributed by atoms with van der Waals surface area (Å²) in [5.74, 6) is 1.27. The van der Waals surface area contributed by atoms with Crippen molar-refractivity contribution >= 4 is 5.91 Å². The Hall–Kier alpha value is -0.570. The molecule has 0 aromatic heterocycles. The average Bonchev–Trinajstić information content (AvgIpc) is 2.12. The smallest absolute Gasteiger partial charge is 0.236 e. The molecule has 0 aromatic rings. The Balaban J connectivity index is 2.47. The van der Waals surface area contributed by atoms with E-state index in [0.29, 0.717) is 17.9 Å². The Kier molecular flexibility index (Phi) is 3.93. The lowest BCUT2D eigenvalue weighted by Crippen LogP contribution is -2.48. The third-order valence-corrected chi connectivity index (χ3v) is 3.45. The van der Waals surface area contributed by atoms with E-state index in [1.807, 2.05) is 0 Å². The number of hydrogen-bond donors (Lipinski definition) is 2. The molecule has 0 spiro atoms. The molecule has 0 heterocycles. The van der Waals surface area contributed by atoms with Crippen LogP contribution in [0.5, 0.6) is 0 Å². The van der Waals surface area contributed by atoms with Crippen LogP contribution in [0.4, 0.5) is 0 Å². The van der Waals surface area contributed by atoms with Gasteiger partial charge < -0.3 is 11.1 Å². The first-order valence-corrected chi connectivity index (χ1v) is 5.58. The molecule has 1 amide bonds. The molecule has 0 saturated heterocycles. The molecule has 3 N–H and O–H groups in total. The molecule has 0 radical (unpaired) electrons. The van der Waals surface area contributed by atoms with Crippen LogP contribution in [0.2, 0.25) is 0 Å². The Bertz CT molecular complexity index is 203. The van der Waals surface area contributed by atoms with E-state index in [0.717, 1.165) is 6.42 Å². The van der Waals surface area contributed by atoms with Gasteiger partial charge in [-0.05, 0) is 25.2 Å². The van der Waals surface area contributed by atoms with Gasteiger partial charge in [-0.25, -0.2) is 0 Å². The standard InChI is InChI=1S/C11H22N2O/c1-7-5-4-6-10(8(7)2)13-11(14)9(3)12/h7-10H,4-6,12H2,1-3H3,(H,13,14)/t7?,8?,9-,10?/m0/s1. The number of nitrogens with one attached hydrogen (secondary N) is 1. The molecule has 0 bridgehead atoms. The molecule has 1 aliphatic carbocycles. The topological polar surface area (TPSA) is 55.1 Å². The van der Waals surface area contributed by atoms with Crippen LogP contribution >= 0.6 is 0 Å². The summed E-state index contributed by atoms with van der Waals surface area (Å²) in [6.07, 6.45) is 3.60. The highest BCUT2D eigenvalue weighted by Crippen LogP contribution is 2.29. The highest BCUT2D eigenvalue weighted by atomic mass is 16.2. The van der Waals surface area contributed by atoms with E-state index >= 15 is 0 Å². The zero-order chi connectivity index (χ0) is 10.7. The van der Waals surface area contributed by atoms with Gasteiger partial charge in [0.15, 0.2) is 0 Å². The van der Waals surface area contributed by atoms with Gasteiger partial charge in [-0.3, -0.25) is 4.79 Å². The Morgan fingerprint density at radius 2 is 2.07 bits per heavy atom. The van der Waals surface area contributed by atoms with Gasteiger partial charge in [0.1, 0.15) is 0 Å². The largest absolute Gasteiger partial charge is 0.352 e. The molecule has 3 nitrogen and oxygen atoms in total. The number of carbonyl (C=O) groups is 1. The predicted molar refractivity (Wildman–Crippen MR) is 57.8 cm³/mol. The average molecular weight is 198 g/mol. The molecular formula is C11H22N2O. The van der Waals surface area contributed by atoms with Gasteiger partial charge in [0.25, 0.3) is 0 Å². The lowest BCUT2D eigenvalue weighted by atomic mass is 9.78. The predicted octanol–water partition coefficient (Wildman–Crippen LogP) is 1.27. The van der Waals surface area contributed by atoms with Crippen LogP contribution < -0.4 is 11.1 Å². The summed E-state index contributed by atoms with van der Waals surface area (Å²) < 4.78 is 0. The van der Waals surface area contributed by atoms with Gasteiger partial charge in [0, 0.05) is 6.04 Å². The maximum absolute atomic E-state index is 11.4. The van der Waals surface area contributed by atoms with Gasteiger partial charge >= 0.3 is 0 Å². The van der Waals surface area contributed by atoms with Crippen LogP contribution in [-0.2, 0) is 4.79 Å².